The van der Waals surface area contributed by atoms with Crippen LogP contribution in [0.15, 0.2) is 60.0 Å². The van der Waals surface area contributed by atoms with E-state index in [2.05, 4.69) is 16.0 Å². The monoisotopic (exact) mass is 466 g/mol. The van der Waals surface area contributed by atoms with Crippen molar-refractivity contribution in [3.8, 4) is 16.2 Å². The molecule has 10 heteroatoms. The zero-order valence-electron chi connectivity index (χ0n) is 17.9. The molecule has 0 aliphatic heterocycles. The van der Waals surface area contributed by atoms with Gasteiger partial charge in [-0.2, -0.15) is 0 Å². The first-order valence-corrected chi connectivity index (χ1v) is 10.7. The first-order valence-electron chi connectivity index (χ1n) is 9.83. The summed E-state index contributed by atoms with van der Waals surface area (Å²) in [6.45, 7) is 1.31. The van der Waals surface area contributed by atoms with Gasteiger partial charge in [0.2, 0.25) is 11.8 Å². The van der Waals surface area contributed by atoms with E-state index >= 15 is 0 Å². The molecular weight excluding hydrogens is 444 g/mol. The maximum absolute atomic E-state index is 12.9. The summed E-state index contributed by atoms with van der Waals surface area (Å²) in [6, 6.07) is 14.2. The number of likely N-dealkylation sites (N-methyl/N-ethyl adjacent to an activating group) is 1. The first-order chi connectivity index (χ1) is 15.8. The minimum atomic E-state index is -1.00. The molecule has 0 bridgehead atoms. The standard InChI is InChI=1S/C23H22N4O5S/c1-13(28)26-20(22(30)25-2)14-5-7-15(8-6-14)21(29)27-17-12-16(19-4-3-11-33-19)9-10-18(17)32-23(24)31/h3-12,20H,1-2H3,(H2,24,31)(H,25,30)(H,26,28)(H,27,29). The van der Waals surface area contributed by atoms with E-state index in [0.29, 0.717) is 11.1 Å². The SMILES string of the molecule is CNC(=O)C(NC(C)=O)c1ccc(C(=O)Nc2cc(-c3cccs3)ccc2OC(N)=O)cc1. The van der Waals surface area contributed by atoms with Crippen LogP contribution in [0.2, 0.25) is 0 Å². The highest BCUT2D eigenvalue weighted by Crippen LogP contribution is 2.33. The van der Waals surface area contributed by atoms with E-state index in [9.17, 15) is 19.2 Å². The maximum atomic E-state index is 12.9. The van der Waals surface area contributed by atoms with Gasteiger partial charge in [0.15, 0.2) is 5.75 Å². The molecule has 4 amide bonds. The summed E-state index contributed by atoms with van der Waals surface area (Å²) in [4.78, 5) is 48.7. The zero-order chi connectivity index (χ0) is 24.0. The molecule has 5 N–H and O–H groups in total. The number of rotatable bonds is 7. The van der Waals surface area contributed by atoms with Gasteiger partial charge in [0.25, 0.3) is 5.91 Å². The van der Waals surface area contributed by atoms with Crippen molar-refractivity contribution in [1.82, 2.24) is 10.6 Å². The van der Waals surface area contributed by atoms with Gasteiger partial charge in [-0.15, -0.1) is 11.3 Å². The van der Waals surface area contributed by atoms with Crippen molar-refractivity contribution in [3.63, 3.8) is 0 Å². The Bertz CT molecular complexity index is 1180. The molecule has 1 atom stereocenters. The summed E-state index contributed by atoms with van der Waals surface area (Å²) in [5.74, 6) is -1.10. The lowest BCUT2D eigenvalue weighted by atomic mass is 10.0. The Morgan fingerprint density at radius 2 is 1.76 bits per heavy atom. The number of benzene rings is 2. The molecule has 1 aromatic heterocycles. The fraction of sp³-hybridized carbons (Fsp3) is 0.130. The van der Waals surface area contributed by atoms with Crippen LogP contribution in [0.4, 0.5) is 10.5 Å². The highest BCUT2D eigenvalue weighted by Gasteiger charge is 2.21. The number of amides is 4. The molecular formula is C23H22N4O5S. The summed E-state index contributed by atoms with van der Waals surface area (Å²) >= 11 is 1.52. The normalized spacial score (nSPS) is 11.2. The van der Waals surface area contributed by atoms with Crippen LogP contribution in [0.3, 0.4) is 0 Å². The van der Waals surface area contributed by atoms with Crippen LogP contribution >= 0.6 is 11.3 Å². The number of anilines is 1. The second-order valence-electron chi connectivity index (χ2n) is 6.93. The molecule has 2 aromatic carbocycles. The topological polar surface area (TPSA) is 140 Å². The molecule has 0 saturated heterocycles. The molecule has 1 heterocycles. The van der Waals surface area contributed by atoms with Gasteiger partial charge in [-0.25, -0.2) is 4.79 Å². The van der Waals surface area contributed by atoms with Crippen molar-refractivity contribution < 1.29 is 23.9 Å². The summed E-state index contributed by atoms with van der Waals surface area (Å²) in [6.07, 6.45) is -1.00. The average molecular weight is 467 g/mol. The minimum Gasteiger partial charge on any atom is -0.408 e. The zero-order valence-corrected chi connectivity index (χ0v) is 18.7. The quantitative estimate of drug-likeness (QED) is 0.424. The lowest BCUT2D eigenvalue weighted by molar-refractivity contribution is -0.127. The number of carbonyl (C=O) groups excluding carboxylic acids is 4. The van der Waals surface area contributed by atoms with Crippen molar-refractivity contribution in [2.75, 3.05) is 12.4 Å². The van der Waals surface area contributed by atoms with Gasteiger partial charge in [-0.3, -0.25) is 14.4 Å². The Morgan fingerprint density at radius 1 is 1.03 bits per heavy atom. The number of nitrogens with one attached hydrogen (secondary N) is 3. The van der Waals surface area contributed by atoms with Gasteiger partial charge in [-0.05, 0) is 52.9 Å². The second-order valence-corrected chi connectivity index (χ2v) is 7.88. The number of ether oxygens (including phenoxy) is 1. The van der Waals surface area contributed by atoms with E-state index in [4.69, 9.17) is 10.5 Å². The van der Waals surface area contributed by atoms with E-state index in [-0.39, 0.29) is 23.3 Å². The lowest BCUT2D eigenvalue weighted by Crippen LogP contribution is -2.38. The maximum Gasteiger partial charge on any atom is 0.410 e. The highest BCUT2D eigenvalue weighted by molar-refractivity contribution is 7.13. The fourth-order valence-electron chi connectivity index (χ4n) is 3.09. The molecule has 0 fully saturated rings. The summed E-state index contributed by atoms with van der Waals surface area (Å²) in [5.41, 5.74) is 7.06. The second kappa shape index (κ2) is 10.4. The van der Waals surface area contributed by atoms with E-state index in [1.165, 1.54) is 37.4 Å². The Balaban J connectivity index is 1.85. The molecule has 0 aliphatic rings. The molecule has 170 valence electrons. The van der Waals surface area contributed by atoms with Crippen molar-refractivity contribution in [3.05, 3.63) is 71.1 Å². The Kier molecular flexibility index (Phi) is 7.42. The Morgan fingerprint density at radius 3 is 2.33 bits per heavy atom. The smallest absolute Gasteiger partial charge is 0.408 e. The molecule has 3 rings (SSSR count). The number of thiophene rings is 1. The number of nitrogens with two attached hydrogens (primary N) is 1. The van der Waals surface area contributed by atoms with Crippen LogP contribution in [0.1, 0.15) is 28.9 Å². The summed E-state index contributed by atoms with van der Waals surface area (Å²) in [5, 5.41) is 9.72. The number of hydrogen-bond donors (Lipinski definition) is 4. The van der Waals surface area contributed by atoms with Crippen molar-refractivity contribution in [2.24, 2.45) is 5.73 Å². The van der Waals surface area contributed by atoms with Gasteiger partial charge in [-0.1, -0.05) is 18.2 Å². The van der Waals surface area contributed by atoms with Gasteiger partial charge >= 0.3 is 6.09 Å². The molecule has 0 radical (unpaired) electrons. The van der Waals surface area contributed by atoms with Gasteiger partial charge in [0.1, 0.15) is 6.04 Å². The van der Waals surface area contributed by atoms with Crippen LogP contribution in [0, 0.1) is 0 Å². The minimum absolute atomic E-state index is 0.109. The summed E-state index contributed by atoms with van der Waals surface area (Å²) < 4.78 is 5.02. The number of carbonyl (C=O) groups is 4. The third kappa shape index (κ3) is 5.95. The summed E-state index contributed by atoms with van der Waals surface area (Å²) in [7, 11) is 1.47. The predicted molar refractivity (Wildman–Crippen MR) is 125 cm³/mol. The molecule has 9 nitrogen and oxygen atoms in total. The van der Waals surface area contributed by atoms with Crippen molar-refractivity contribution in [2.45, 2.75) is 13.0 Å². The molecule has 3 aromatic rings. The number of hydrogen-bond acceptors (Lipinski definition) is 6. The molecule has 33 heavy (non-hydrogen) atoms. The average Bonchev–Trinajstić information content (AvgIpc) is 3.33. The third-order valence-corrected chi connectivity index (χ3v) is 5.53. The number of primary amides is 1. The van der Waals surface area contributed by atoms with Gasteiger partial charge in [0.05, 0.1) is 5.69 Å². The molecule has 0 saturated carbocycles. The third-order valence-electron chi connectivity index (χ3n) is 4.61. The van der Waals surface area contributed by atoms with E-state index < -0.39 is 18.0 Å². The van der Waals surface area contributed by atoms with Gasteiger partial charge in [0, 0.05) is 24.4 Å². The molecule has 0 aliphatic carbocycles. The van der Waals surface area contributed by atoms with E-state index in [1.807, 2.05) is 17.5 Å². The van der Waals surface area contributed by atoms with Crippen molar-refractivity contribution >= 4 is 40.8 Å². The van der Waals surface area contributed by atoms with Crippen LogP contribution in [0.5, 0.6) is 5.75 Å². The highest BCUT2D eigenvalue weighted by atomic mass is 32.1. The largest absolute Gasteiger partial charge is 0.410 e. The molecule has 1 unspecified atom stereocenters. The van der Waals surface area contributed by atoms with Gasteiger partial charge < -0.3 is 26.4 Å². The van der Waals surface area contributed by atoms with E-state index in [0.717, 1.165) is 10.4 Å². The van der Waals surface area contributed by atoms with Crippen molar-refractivity contribution in [1.29, 1.82) is 0 Å². The predicted octanol–water partition coefficient (Wildman–Crippen LogP) is 3.05. The Hall–Kier alpha value is -4.18. The van der Waals surface area contributed by atoms with Crippen LogP contribution < -0.4 is 26.4 Å². The lowest BCUT2D eigenvalue weighted by Gasteiger charge is -2.17. The van der Waals surface area contributed by atoms with E-state index in [1.54, 1.807) is 30.3 Å². The van der Waals surface area contributed by atoms with Crippen LogP contribution in [0.25, 0.3) is 10.4 Å². The molecule has 0 spiro atoms. The van der Waals surface area contributed by atoms with Crippen LogP contribution in [-0.4, -0.2) is 30.9 Å². The fourth-order valence-corrected chi connectivity index (χ4v) is 3.81. The first kappa shape index (κ1) is 23.5. The Labute approximate surface area is 193 Å². The van der Waals surface area contributed by atoms with Crippen LogP contribution in [-0.2, 0) is 9.59 Å².